The van der Waals surface area contributed by atoms with E-state index in [9.17, 15) is 4.79 Å². The van der Waals surface area contributed by atoms with Crippen LogP contribution in [-0.4, -0.2) is 62.0 Å². The standard InChI is InChI=1S/C14H27N3O/c1-16(2)14(18)7-11-17-10-3-4-13(17)12-5-8-15-9-6-12/h12-13,15H,3-11H2,1-2H3. The zero-order valence-electron chi connectivity index (χ0n) is 11.8. The van der Waals surface area contributed by atoms with Crippen LogP contribution in [0, 0.1) is 5.92 Å². The zero-order chi connectivity index (χ0) is 13.0. The fraction of sp³-hybridized carbons (Fsp3) is 0.929. The van der Waals surface area contributed by atoms with Crippen LogP contribution in [0.2, 0.25) is 0 Å². The van der Waals surface area contributed by atoms with Gasteiger partial charge in [-0.1, -0.05) is 0 Å². The fourth-order valence-electron chi connectivity index (χ4n) is 3.36. The van der Waals surface area contributed by atoms with Crippen LogP contribution in [0.25, 0.3) is 0 Å². The van der Waals surface area contributed by atoms with Crippen LogP contribution in [-0.2, 0) is 4.79 Å². The van der Waals surface area contributed by atoms with Crippen molar-refractivity contribution in [2.24, 2.45) is 5.92 Å². The first-order valence-electron chi connectivity index (χ1n) is 7.33. The molecule has 4 heteroatoms. The quantitative estimate of drug-likeness (QED) is 0.809. The van der Waals surface area contributed by atoms with Gasteiger partial charge in [0.25, 0.3) is 0 Å². The maximum absolute atomic E-state index is 11.7. The molecule has 4 nitrogen and oxygen atoms in total. The van der Waals surface area contributed by atoms with E-state index in [1.165, 1.54) is 45.3 Å². The van der Waals surface area contributed by atoms with Crippen LogP contribution in [0.5, 0.6) is 0 Å². The van der Waals surface area contributed by atoms with Gasteiger partial charge in [-0.15, -0.1) is 0 Å². The Morgan fingerprint density at radius 1 is 1.28 bits per heavy atom. The molecule has 2 saturated heterocycles. The molecule has 0 radical (unpaired) electrons. The molecule has 0 bridgehead atoms. The smallest absolute Gasteiger partial charge is 0.223 e. The largest absolute Gasteiger partial charge is 0.349 e. The number of likely N-dealkylation sites (tertiary alicyclic amines) is 1. The van der Waals surface area contributed by atoms with E-state index >= 15 is 0 Å². The summed E-state index contributed by atoms with van der Waals surface area (Å²) in [5.74, 6) is 1.11. The highest BCUT2D eigenvalue weighted by molar-refractivity contribution is 5.75. The maximum Gasteiger partial charge on any atom is 0.223 e. The number of nitrogens with one attached hydrogen (secondary N) is 1. The molecule has 0 aliphatic carbocycles. The average molecular weight is 253 g/mol. The van der Waals surface area contributed by atoms with E-state index in [1.54, 1.807) is 4.90 Å². The van der Waals surface area contributed by atoms with Crippen LogP contribution in [0.4, 0.5) is 0 Å². The Bertz CT molecular complexity index is 274. The van der Waals surface area contributed by atoms with E-state index in [0.717, 1.165) is 18.5 Å². The van der Waals surface area contributed by atoms with Crippen molar-refractivity contribution in [1.82, 2.24) is 15.1 Å². The van der Waals surface area contributed by atoms with Gasteiger partial charge in [-0.3, -0.25) is 9.69 Å². The SMILES string of the molecule is CN(C)C(=O)CCN1CCCC1C1CCNCC1. The van der Waals surface area contributed by atoms with Crippen LogP contribution >= 0.6 is 0 Å². The first-order chi connectivity index (χ1) is 8.68. The molecule has 2 fully saturated rings. The van der Waals surface area contributed by atoms with Gasteiger partial charge in [0.1, 0.15) is 0 Å². The molecule has 2 heterocycles. The molecule has 1 amide bonds. The number of amides is 1. The Hall–Kier alpha value is -0.610. The Kier molecular flexibility index (Phi) is 5.01. The lowest BCUT2D eigenvalue weighted by Gasteiger charge is -2.34. The molecule has 0 aromatic heterocycles. The minimum Gasteiger partial charge on any atom is -0.349 e. The van der Waals surface area contributed by atoms with Crippen LogP contribution < -0.4 is 5.32 Å². The molecule has 0 spiro atoms. The lowest BCUT2D eigenvalue weighted by molar-refractivity contribution is -0.129. The highest BCUT2D eigenvalue weighted by Gasteiger charge is 2.32. The normalized spacial score (nSPS) is 26.4. The summed E-state index contributed by atoms with van der Waals surface area (Å²) in [5.41, 5.74) is 0. The molecule has 1 N–H and O–H groups in total. The van der Waals surface area contributed by atoms with E-state index in [1.807, 2.05) is 14.1 Å². The molecular weight excluding hydrogens is 226 g/mol. The highest BCUT2D eigenvalue weighted by Crippen LogP contribution is 2.29. The average Bonchev–Trinajstić information content (AvgIpc) is 2.85. The van der Waals surface area contributed by atoms with E-state index < -0.39 is 0 Å². The van der Waals surface area contributed by atoms with Gasteiger partial charge in [0.2, 0.25) is 5.91 Å². The van der Waals surface area contributed by atoms with Crippen molar-refractivity contribution in [3.63, 3.8) is 0 Å². The van der Waals surface area contributed by atoms with E-state index in [-0.39, 0.29) is 5.91 Å². The number of hydrogen-bond acceptors (Lipinski definition) is 3. The molecule has 0 saturated carbocycles. The van der Waals surface area contributed by atoms with Crippen molar-refractivity contribution in [3.05, 3.63) is 0 Å². The molecule has 2 aliphatic heterocycles. The molecule has 0 aromatic carbocycles. The van der Waals surface area contributed by atoms with Crippen molar-refractivity contribution in [2.45, 2.75) is 38.1 Å². The third kappa shape index (κ3) is 3.45. The number of hydrogen-bond donors (Lipinski definition) is 1. The van der Waals surface area contributed by atoms with Gasteiger partial charge in [0, 0.05) is 33.1 Å². The molecule has 0 aromatic rings. The van der Waals surface area contributed by atoms with Gasteiger partial charge >= 0.3 is 0 Å². The molecule has 18 heavy (non-hydrogen) atoms. The predicted molar refractivity (Wildman–Crippen MR) is 73.5 cm³/mol. The third-order valence-corrected chi connectivity index (χ3v) is 4.45. The summed E-state index contributed by atoms with van der Waals surface area (Å²) >= 11 is 0. The molecule has 2 rings (SSSR count). The van der Waals surface area contributed by atoms with Gasteiger partial charge in [-0.25, -0.2) is 0 Å². The zero-order valence-corrected chi connectivity index (χ0v) is 11.8. The van der Waals surface area contributed by atoms with Crippen molar-refractivity contribution >= 4 is 5.91 Å². The van der Waals surface area contributed by atoms with Crippen molar-refractivity contribution in [2.75, 3.05) is 40.3 Å². The summed E-state index contributed by atoms with van der Waals surface area (Å²) in [7, 11) is 3.69. The summed E-state index contributed by atoms with van der Waals surface area (Å²) < 4.78 is 0. The van der Waals surface area contributed by atoms with Crippen molar-refractivity contribution < 1.29 is 4.79 Å². The highest BCUT2D eigenvalue weighted by atomic mass is 16.2. The van der Waals surface area contributed by atoms with Gasteiger partial charge in [-0.05, 0) is 51.2 Å². The number of nitrogens with zero attached hydrogens (tertiary/aromatic N) is 2. The fourth-order valence-corrected chi connectivity index (χ4v) is 3.36. The molecular formula is C14H27N3O. The topological polar surface area (TPSA) is 35.6 Å². The second-order valence-corrected chi connectivity index (χ2v) is 5.87. The summed E-state index contributed by atoms with van der Waals surface area (Å²) in [4.78, 5) is 15.9. The number of carbonyl (C=O) groups is 1. The van der Waals surface area contributed by atoms with Crippen LogP contribution in [0.15, 0.2) is 0 Å². The van der Waals surface area contributed by atoms with Gasteiger partial charge in [0.15, 0.2) is 0 Å². The third-order valence-electron chi connectivity index (χ3n) is 4.45. The summed E-state index contributed by atoms with van der Waals surface area (Å²) in [5, 5.41) is 3.44. The lowest BCUT2D eigenvalue weighted by Crippen LogP contribution is -2.42. The van der Waals surface area contributed by atoms with Gasteiger partial charge in [0.05, 0.1) is 0 Å². The lowest BCUT2D eigenvalue weighted by atomic mass is 9.88. The van der Waals surface area contributed by atoms with E-state index in [0.29, 0.717) is 6.42 Å². The summed E-state index contributed by atoms with van der Waals surface area (Å²) in [6.45, 7) is 4.48. The maximum atomic E-state index is 11.7. The molecule has 104 valence electrons. The van der Waals surface area contributed by atoms with Gasteiger partial charge in [-0.2, -0.15) is 0 Å². The number of piperidine rings is 1. The summed E-state index contributed by atoms with van der Waals surface area (Å²) in [6.07, 6.45) is 5.94. The number of carbonyl (C=O) groups excluding carboxylic acids is 1. The van der Waals surface area contributed by atoms with Crippen molar-refractivity contribution in [1.29, 1.82) is 0 Å². The Morgan fingerprint density at radius 3 is 2.67 bits per heavy atom. The number of rotatable bonds is 4. The van der Waals surface area contributed by atoms with E-state index in [2.05, 4.69) is 10.2 Å². The van der Waals surface area contributed by atoms with Gasteiger partial charge < -0.3 is 10.2 Å². The Balaban J connectivity index is 1.81. The second-order valence-electron chi connectivity index (χ2n) is 5.87. The molecule has 2 aliphatic rings. The molecule has 1 unspecified atom stereocenters. The summed E-state index contributed by atoms with van der Waals surface area (Å²) in [6, 6.07) is 0.738. The minimum absolute atomic E-state index is 0.256. The molecule has 1 atom stereocenters. The Labute approximate surface area is 111 Å². The Morgan fingerprint density at radius 2 is 2.00 bits per heavy atom. The van der Waals surface area contributed by atoms with Crippen LogP contribution in [0.1, 0.15) is 32.1 Å². The van der Waals surface area contributed by atoms with E-state index in [4.69, 9.17) is 0 Å². The monoisotopic (exact) mass is 253 g/mol. The predicted octanol–water partition coefficient (Wildman–Crippen LogP) is 0.929. The first kappa shape index (κ1) is 13.8. The second kappa shape index (κ2) is 6.53. The first-order valence-corrected chi connectivity index (χ1v) is 7.33. The minimum atomic E-state index is 0.256. The van der Waals surface area contributed by atoms with Crippen LogP contribution in [0.3, 0.4) is 0 Å². The van der Waals surface area contributed by atoms with Crippen molar-refractivity contribution in [3.8, 4) is 0 Å².